The molecule has 0 saturated heterocycles. The van der Waals surface area contributed by atoms with Gasteiger partial charge in [-0.25, -0.2) is 18.4 Å². The van der Waals surface area contributed by atoms with Gasteiger partial charge in [0.15, 0.2) is 27.3 Å². The Kier molecular flexibility index (Phi) is 6.43. The van der Waals surface area contributed by atoms with E-state index in [2.05, 4.69) is 30.8 Å². The van der Waals surface area contributed by atoms with E-state index in [9.17, 15) is 13.2 Å². The number of H-pyrrole nitrogens is 1. The summed E-state index contributed by atoms with van der Waals surface area (Å²) in [5.41, 5.74) is 1.63. The topological polar surface area (TPSA) is 130 Å². The van der Waals surface area contributed by atoms with E-state index in [4.69, 9.17) is 11.6 Å². The summed E-state index contributed by atoms with van der Waals surface area (Å²) in [7, 11) is -3.52. The van der Waals surface area contributed by atoms with Crippen molar-refractivity contribution in [2.24, 2.45) is 0 Å². The van der Waals surface area contributed by atoms with Gasteiger partial charge in [-0.05, 0) is 31.4 Å². The average Bonchev–Trinajstić information content (AvgIpc) is 3.52. The maximum Gasteiger partial charge on any atom is 0.216 e. The molecule has 1 aliphatic carbocycles. The van der Waals surface area contributed by atoms with E-state index in [0.29, 0.717) is 46.9 Å². The van der Waals surface area contributed by atoms with Gasteiger partial charge < -0.3 is 10.6 Å². The summed E-state index contributed by atoms with van der Waals surface area (Å²) in [6, 6.07) is 8.40. The van der Waals surface area contributed by atoms with Crippen LogP contribution in [0.4, 0.5) is 11.6 Å². The highest BCUT2D eigenvalue weighted by Crippen LogP contribution is 2.39. The summed E-state index contributed by atoms with van der Waals surface area (Å²) in [5, 5.41) is 13.3. The van der Waals surface area contributed by atoms with Crippen molar-refractivity contribution in [2.75, 3.05) is 17.6 Å². The molecule has 1 fully saturated rings. The zero-order chi connectivity index (χ0) is 22.7. The fourth-order valence-electron chi connectivity index (χ4n) is 3.19. The molecule has 1 aliphatic rings. The van der Waals surface area contributed by atoms with Gasteiger partial charge in [0.1, 0.15) is 5.02 Å². The van der Waals surface area contributed by atoms with E-state index in [0.717, 1.165) is 18.5 Å². The number of nitrogens with one attached hydrogen (secondary N) is 3. The Hall–Kier alpha value is -2.98. The average molecular weight is 475 g/mol. The van der Waals surface area contributed by atoms with E-state index in [1.807, 2.05) is 6.07 Å². The Morgan fingerprint density at radius 1 is 1.28 bits per heavy atom. The van der Waals surface area contributed by atoms with Crippen molar-refractivity contribution in [1.82, 2.24) is 25.5 Å². The molecule has 1 saturated carbocycles. The van der Waals surface area contributed by atoms with Gasteiger partial charge in [-0.15, -0.1) is 0 Å². The Balaban J connectivity index is 1.52. The summed E-state index contributed by atoms with van der Waals surface area (Å²) in [6.07, 6.45) is 4.11. The van der Waals surface area contributed by atoms with E-state index >= 15 is 0 Å². The van der Waals surface area contributed by atoms with Crippen LogP contribution in [-0.2, 0) is 14.6 Å². The zero-order valence-corrected chi connectivity index (χ0v) is 19.0. The second kappa shape index (κ2) is 9.25. The van der Waals surface area contributed by atoms with Gasteiger partial charge in [-0.1, -0.05) is 23.7 Å². The molecule has 32 heavy (non-hydrogen) atoms. The molecule has 9 nitrogen and oxygen atoms in total. The van der Waals surface area contributed by atoms with Crippen LogP contribution in [0.15, 0.2) is 41.4 Å². The summed E-state index contributed by atoms with van der Waals surface area (Å²) >= 11 is 6.26. The van der Waals surface area contributed by atoms with Crippen LogP contribution in [0.3, 0.4) is 0 Å². The van der Waals surface area contributed by atoms with Crippen molar-refractivity contribution < 1.29 is 13.2 Å². The molecule has 0 aliphatic heterocycles. The first-order chi connectivity index (χ1) is 15.3. The van der Waals surface area contributed by atoms with Gasteiger partial charge in [-0.2, -0.15) is 5.10 Å². The molecule has 168 valence electrons. The SMILES string of the molecule is CC(=O)NCCCS(=O)(=O)c1cccc(-c2ncc(Cl)c(Nc3cc(C4CC4)[nH]n3)n2)c1. The predicted octanol–water partition coefficient (Wildman–Crippen LogP) is 3.44. The van der Waals surface area contributed by atoms with Gasteiger partial charge >= 0.3 is 0 Å². The van der Waals surface area contributed by atoms with Gasteiger partial charge in [0, 0.05) is 36.7 Å². The molecule has 0 bridgehead atoms. The maximum absolute atomic E-state index is 12.7. The highest BCUT2D eigenvalue weighted by atomic mass is 35.5. The van der Waals surface area contributed by atoms with E-state index < -0.39 is 9.84 Å². The van der Waals surface area contributed by atoms with Crippen molar-refractivity contribution in [2.45, 2.75) is 37.0 Å². The molecule has 0 atom stereocenters. The lowest BCUT2D eigenvalue weighted by Gasteiger charge is -2.09. The first-order valence-electron chi connectivity index (χ1n) is 10.2. The van der Waals surface area contributed by atoms with Crippen molar-refractivity contribution in [1.29, 1.82) is 0 Å². The first kappa shape index (κ1) is 22.2. The molecular formula is C21H23ClN6O3S. The van der Waals surface area contributed by atoms with Crippen LogP contribution in [0.2, 0.25) is 5.02 Å². The van der Waals surface area contributed by atoms with Crippen LogP contribution in [-0.4, -0.2) is 46.8 Å². The number of rotatable bonds is 9. The molecule has 3 aromatic rings. The van der Waals surface area contributed by atoms with Crippen LogP contribution in [0.1, 0.15) is 37.8 Å². The Bertz CT molecular complexity index is 1240. The predicted molar refractivity (Wildman–Crippen MR) is 122 cm³/mol. The highest BCUT2D eigenvalue weighted by Gasteiger charge is 2.25. The monoisotopic (exact) mass is 474 g/mol. The van der Waals surface area contributed by atoms with Crippen LogP contribution in [0.5, 0.6) is 0 Å². The molecule has 2 aromatic heterocycles. The molecule has 2 heterocycles. The fraction of sp³-hybridized carbons (Fsp3) is 0.333. The number of aromatic amines is 1. The molecule has 0 spiro atoms. The van der Waals surface area contributed by atoms with E-state index in [-0.39, 0.29) is 16.6 Å². The molecule has 0 unspecified atom stereocenters. The number of hydrogen-bond acceptors (Lipinski definition) is 7. The second-order valence-corrected chi connectivity index (χ2v) is 10.2. The number of hydrogen-bond donors (Lipinski definition) is 3. The van der Waals surface area contributed by atoms with Crippen LogP contribution in [0, 0.1) is 0 Å². The second-order valence-electron chi connectivity index (χ2n) is 7.68. The molecule has 1 amide bonds. The largest absolute Gasteiger partial charge is 0.356 e. The van der Waals surface area contributed by atoms with E-state index in [1.54, 1.807) is 18.2 Å². The summed E-state index contributed by atoms with van der Waals surface area (Å²) in [6.45, 7) is 1.70. The van der Waals surface area contributed by atoms with E-state index in [1.165, 1.54) is 19.2 Å². The van der Waals surface area contributed by atoms with Crippen LogP contribution >= 0.6 is 11.6 Å². The molecule has 1 aromatic carbocycles. The number of amides is 1. The third-order valence-electron chi connectivity index (χ3n) is 5.02. The minimum absolute atomic E-state index is 0.0759. The standard InChI is InChI=1S/C21H23ClN6O3S/c1-13(29)23-8-3-9-32(30,31)16-5-2-4-15(10-16)20-24-12-17(22)21(26-20)25-19-11-18(27-28-19)14-6-7-14/h2,4-5,10-12,14H,3,6-9H2,1H3,(H,23,29)(H2,24,25,26,27,28). The highest BCUT2D eigenvalue weighted by molar-refractivity contribution is 7.91. The number of carbonyl (C=O) groups is 1. The van der Waals surface area contributed by atoms with Crippen molar-refractivity contribution in [3.8, 4) is 11.4 Å². The van der Waals surface area contributed by atoms with Gasteiger partial charge in [0.25, 0.3) is 0 Å². The van der Waals surface area contributed by atoms with Gasteiger partial charge in [0.2, 0.25) is 5.91 Å². The lowest BCUT2D eigenvalue weighted by atomic mass is 10.2. The van der Waals surface area contributed by atoms with Crippen LogP contribution in [0.25, 0.3) is 11.4 Å². The lowest BCUT2D eigenvalue weighted by Crippen LogP contribution is -2.23. The number of nitrogens with zero attached hydrogens (tertiary/aromatic N) is 3. The third-order valence-corrected chi connectivity index (χ3v) is 7.10. The first-order valence-corrected chi connectivity index (χ1v) is 12.3. The zero-order valence-electron chi connectivity index (χ0n) is 17.4. The van der Waals surface area contributed by atoms with Crippen LogP contribution < -0.4 is 10.6 Å². The molecular weight excluding hydrogens is 452 g/mol. The molecule has 11 heteroatoms. The number of carbonyl (C=O) groups excluding carboxylic acids is 1. The van der Waals surface area contributed by atoms with Gasteiger partial charge in [-0.3, -0.25) is 9.89 Å². The number of halogens is 1. The van der Waals surface area contributed by atoms with Crippen molar-refractivity contribution in [3.05, 3.63) is 47.2 Å². The fourth-order valence-corrected chi connectivity index (χ4v) is 4.68. The van der Waals surface area contributed by atoms with Crippen molar-refractivity contribution >= 4 is 39.0 Å². The summed E-state index contributed by atoms with van der Waals surface area (Å²) in [4.78, 5) is 19.9. The third kappa shape index (κ3) is 5.43. The number of aromatic nitrogens is 4. The minimum atomic E-state index is -3.52. The quantitative estimate of drug-likeness (QED) is 0.405. The number of benzene rings is 1. The Morgan fingerprint density at radius 2 is 2.09 bits per heavy atom. The number of anilines is 2. The Morgan fingerprint density at radius 3 is 2.84 bits per heavy atom. The number of sulfone groups is 1. The lowest BCUT2D eigenvalue weighted by molar-refractivity contribution is -0.118. The molecule has 0 radical (unpaired) electrons. The normalized spacial score (nSPS) is 13.7. The van der Waals surface area contributed by atoms with Gasteiger partial charge in [0.05, 0.1) is 16.8 Å². The summed E-state index contributed by atoms with van der Waals surface area (Å²) < 4.78 is 25.4. The Labute approximate surface area is 190 Å². The van der Waals surface area contributed by atoms with Crippen molar-refractivity contribution in [3.63, 3.8) is 0 Å². The molecule has 4 rings (SSSR count). The smallest absolute Gasteiger partial charge is 0.216 e. The maximum atomic E-state index is 12.7. The summed E-state index contributed by atoms with van der Waals surface area (Å²) in [5.74, 6) is 1.60. The minimum Gasteiger partial charge on any atom is -0.356 e. The molecule has 3 N–H and O–H groups in total.